The molecule has 0 aliphatic heterocycles. The minimum absolute atomic E-state index is 0.291. The minimum atomic E-state index is -0.291. The Kier molecular flexibility index (Phi) is 1.81. The molecule has 2 rings (SSSR count). The Morgan fingerprint density at radius 1 is 1.31 bits per heavy atom. The number of hydrogen-bond acceptors (Lipinski definition) is 3. The van der Waals surface area contributed by atoms with Crippen molar-refractivity contribution in [1.29, 1.82) is 0 Å². The molecule has 0 aliphatic rings. The predicted molar refractivity (Wildman–Crippen MR) is 49.5 cm³/mol. The third kappa shape index (κ3) is 1.20. The van der Waals surface area contributed by atoms with E-state index in [0.717, 1.165) is 11.0 Å². The molecule has 0 N–H and O–H groups in total. The molecule has 4 heteroatoms. The van der Waals surface area contributed by atoms with Gasteiger partial charge in [0.25, 0.3) is 0 Å². The lowest BCUT2D eigenvalue weighted by molar-refractivity contribution is 0.708. The van der Waals surface area contributed by atoms with E-state index in [9.17, 15) is 4.79 Å². The first kappa shape index (κ1) is 7.91. The summed E-state index contributed by atoms with van der Waals surface area (Å²) in [5.74, 6) is 0. The molecule has 0 spiro atoms. The molecule has 0 amide bonds. The summed E-state index contributed by atoms with van der Waals surface area (Å²) in [5.41, 5.74) is 1.30. The molecule has 4 nitrogen and oxygen atoms in total. The Bertz CT molecular complexity index is 489. The van der Waals surface area contributed by atoms with E-state index >= 15 is 0 Å². The zero-order valence-electron chi connectivity index (χ0n) is 7.27. The van der Waals surface area contributed by atoms with Crippen molar-refractivity contribution in [1.82, 2.24) is 14.8 Å². The first-order valence-corrected chi connectivity index (χ1v) is 4.15. The van der Waals surface area contributed by atoms with Crippen molar-refractivity contribution in [2.75, 3.05) is 0 Å². The molecule has 0 fully saturated rings. The molecule has 0 saturated heterocycles. The van der Waals surface area contributed by atoms with E-state index in [2.05, 4.69) is 10.2 Å². The maximum atomic E-state index is 11.3. The van der Waals surface area contributed by atoms with Gasteiger partial charge in [-0.2, -0.15) is 0 Å². The number of aromatic nitrogens is 3. The van der Waals surface area contributed by atoms with Crippen LogP contribution >= 0.6 is 0 Å². The molecule has 1 aromatic heterocycles. The quantitative estimate of drug-likeness (QED) is 0.644. The van der Waals surface area contributed by atoms with Gasteiger partial charge < -0.3 is 0 Å². The number of rotatable bonds is 1. The SMILES string of the molecule is CCn1c(=O)nnc2ccccc21. The monoisotopic (exact) mass is 175 g/mol. The number of aryl methyl sites for hydroxylation is 1. The first-order valence-electron chi connectivity index (χ1n) is 4.15. The average molecular weight is 175 g/mol. The standard InChI is InChI=1S/C9H9N3O/c1-2-12-8-6-4-3-5-7(8)10-11-9(12)13/h3-6H,2H2,1H3. The van der Waals surface area contributed by atoms with Crippen molar-refractivity contribution in [3.8, 4) is 0 Å². The van der Waals surface area contributed by atoms with Crippen LogP contribution in [0.4, 0.5) is 0 Å². The van der Waals surface area contributed by atoms with E-state index in [4.69, 9.17) is 0 Å². The Balaban J connectivity index is 2.92. The number of nitrogens with zero attached hydrogens (tertiary/aromatic N) is 3. The molecule has 0 radical (unpaired) electrons. The van der Waals surface area contributed by atoms with Crippen molar-refractivity contribution in [2.45, 2.75) is 13.5 Å². The molecule has 66 valence electrons. The van der Waals surface area contributed by atoms with Crippen molar-refractivity contribution in [2.24, 2.45) is 0 Å². The maximum absolute atomic E-state index is 11.3. The topological polar surface area (TPSA) is 47.8 Å². The van der Waals surface area contributed by atoms with Gasteiger partial charge in [0.05, 0.1) is 5.52 Å². The highest BCUT2D eigenvalue weighted by molar-refractivity contribution is 5.73. The van der Waals surface area contributed by atoms with Gasteiger partial charge in [-0.05, 0) is 19.1 Å². The maximum Gasteiger partial charge on any atom is 0.366 e. The lowest BCUT2D eigenvalue weighted by atomic mass is 10.3. The molecule has 0 atom stereocenters. The van der Waals surface area contributed by atoms with Gasteiger partial charge in [-0.3, -0.25) is 4.57 Å². The smallest absolute Gasteiger partial charge is 0.289 e. The van der Waals surface area contributed by atoms with E-state index in [1.165, 1.54) is 0 Å². The van der Waals surface area contributed by atoms with Crippen LogP contribution in [0.2, 0.25) is 0 Å². The fourth-order valence-corrected chi connectivity index (χ4v) is 1.34. The molecule has 0 bridgehead atoms. The van der Waals surface area contributed by atoms with Crippen molar-refractivity contribution < 1.29 is 0 Å². The van der Waals surface area contributed by atoms with Gasteiger partial charge in [0.1, 0.15) is 5.52 Å². The fraction of sp³-hybridized carbons (Fsp3) is 0.222. The van der Waals surface area contributed by atoms with E-state index in [-0.39, 0.29) is 5.69 Å². The zero-order valence-corrected chi connectivity index (χ0v) is 7.27. The summed E-state index contributed by atoms with van der Waals surface area (Å²) in [7, 11) is 0. The minimum Gasteiger partial charge on any atom is -0.289 e. The summed E-state index contributed by atoms with van der Waals surface area (Å²) in [6, 6.07) is 7.47. The molecular weight excluding hydrogens is 166 g/mol. The van der Waals surface area contributed by atoms with Gasteiger partial charge in [0.2, 0.25) is 0 Å². The lowest BCUT2D eigenvalue weighted by Crippen LogP contribution is -2.23. The largest absolute Gasteiger partial charge is 0.366 e. The predicted octanol–water partition coefficient (Wildman–Crippen LogP) is 0.811. The summed E-state index contributed by atoms with van der Waals surface area (Å²) in [6.07, 6.45) is 0. The van der Waals surface area contributed by atoms with Gasteiger partial charge in [-0.1, -0.05) is 17.2 Å². The second-order valence-corrected chi connectivity index (χ2v) is 2.72. The normalized spacial score (nSPS) is 10.5. The Morgan fingerprint density at radius 2 is 2.08 bits per heavy atom. The highest BCUT2D eigenvalue weighted by Gasteiger charge is 2.01. The Labute approximate surface area is 74.8 Å². The second kappa shape index (κ2) is 2.97. The van der Waals surface area contributed by atoms with Gasteiger partial charge in [-0.15, -0.1) is 5.10 Å². The van der Waals surface area contributed by atoms with E-state index in [0.29, 0.717) is 6.54 Å². The van der Waals surface area contributed by atoms with Crippen LogP contribution in [0, 0.1) is 0 Å². The molecule has 0 unspecified atom stereocenters. The van der Waals surface area contributed by atoms with E-state index < -0.39 is 0 Å². The fourth-order valence-electron chi connectivity index (χ4n) is 1.34. The summed E-state index contributed by atoms with van der Waals surface area (Å²) in [6.45, 7) is 2.53. The van der Waals surface area contributed by atoms with Gasteiger partial charge in [-0.25, -0.2) is 4.79 Å². The Hall–Kier alpha value is -1.71. The second-order valence-electron chi connectivity index (χ2n) is 2.72. The third-order valence-electron chi connectivity index (χ3n) is 1.96. The third-order valence-corrected chi connectivity index (χ3v) is 1.96. The summed E-state index contributed by atoms with van der Waals surface area (Å²) in [5, 5.41) is 7.34. The summed E-state index contributed by atoms with van der Waals surface area (Å²) >= 11 is 0. The number of fused-ring (bicyclic) bond motifs is 1. The van der Waals surface area contributed by atoms with E-state index in [1.807, 2.05) is 31.2 Å². The van der Waals surface area contributed by atoms with Crippen LogP contribution in [0.5, 0.6) is 0 Å². The van der Waals surface area contributed by atoms with Crippen molar-refractivity contribution in [3.63, 3.8) is 0 Å². The molecular formula is C9H9N3O. The van der Waals surface area contributed by atoms with Gasteiger partial charge in [0.15, 0.2) is 0 Å². The van der Waals surface area contributed by atoms with Crippen LogP contribution in [0.1, 0.15) is 6.92 Å². The van der Waals surface area contributed by atoms with Crippen LogP contribution in [-0.2, 0) is 6.54 Å². The number of benzene rings is 1. The van der Waals surface area contributed by atoms with Crippen molar-refractivity contribution in [3.05, 3.63) is 34.7 Å². The van der Waals surface area contributed by atoms with Crippen LogP contribution in [0.15, 0.2) is 29.1 Å². The average Bonchev–Trinajstić information content (AvgIpc) is 2.18. The highest BCUT2D eigenvalue weighted by Crippen LogP contribution is 2.06. The van der Waals surface area contributed by atoms with Crippen LogP contribution in [0.25, 0.3) is 11.0 Å². The molecule has 0 saturated carbocycles. The van der Waals surface area contributed by atoms with Crippen LogP contribution in [0.3, 0.4) is 0 Å². The van der Waals surface area contributed by atoms with E-state index in [1.54, 1.807) is 4.57 Å². The highest BCUT2D eigenvalue weighted by atomic mass is 16.1. The van der Waals surface area contributed by atoms with Gasteiger partial charge in [0, 0.05) is 6.54 Å². The molecule has 13 heavy (non-hydrogen) atoms. The number of hydrogen-bond donors (Lipinski definition) is 0. The zero-order chi connectivity index (χ0) is 9.26. The van der Waals surface area contributed by atoms with Crippen molar-refractivity contribution >= 4 is 11.0 Å². The number of para-hydroxylation sites is 1. The van der Waals surface area contributed by atoms with Gasteiger partial charge >= 0.3 is 5.69 Å². The molecule has 1 heterocycles. The summed E-state index contributed by atoms with van der Waals surface area (Å²) < 4.78 is 1.60. The van der Waals surface area contributed by atoms with Crippen LogP contribution in [-0.4, -0.2) is 14.8 Å². The molecule has 0 aliphatic carbocycles. The Morgan fingerprint density at radius 3 is 2.85 bits per heavy atom. The first-order chi connectivity index (χ1) is 6.33. The van der Waals surface area contributed by atoms with Crippen LogP contribution < -0.4 is 5.69 Å². The molecule has 2 aromatic rings. The summed E-state index contributed by atoms with van der Waals surface area (Å²) in [4.78, 5) is 11.3. The lowest BCUT2D eigenvalue weighted by Gasteiger charge is -2.03. The molecule has 1 aromatic carbocycles.